The highest BCUT2D eigenvalue weighted by molar-refractivity contribution is 7.91. The van der Waals surface area contributed by atoms with E-state index in [0.29, 0.717) is 23.2 Å². The van der Waals surface area contributed by atoms with Crippen LogP contribution in [-0.4, -0.2) is 40.7 Å². The second-order valence-electron chi connectivity index (χ2n) is 7.00. The first-order valence-corrected chi connectivity index (χ1v) is 10.7. The largest absolute Gasteiger partial charge is 0.493 e. The molecule has 0 radical (unpaired) electrons. The van der Waals surface area contributed by atoms with Crippen LogP contribution in [0.15, 0.2) is 17.2 Å². The van der Waals surface area contributed by atoms with E-state index in [1.54, 1.807) is 20.8 Å². The third-order valence-electron chi connectivity index (χ3n) is 5.08. The second-order valence-corrected chi connectivity index (χ2v) is 9.04. The van der Waals surface area contributed by atoms with Crippen molar-refractivity contribution in [3.05, 3.63) is 40.1 Å². The van der Waals surface area contributed by atoms with Crippen molar-refractivity contribution in [1.82, 2.24) is 15.1 Å². The van der Waals surface area contributed by atoms with Crippen molar-refractivity contribution in [3.8, 4) is 5.88 Å². The summed E-state index contributed by atoms with van der Waals surface area (Å²) in [5.41, 5.74) is 1.72. The Morgan fingerprint density at radius 1 is 1.32 bits per heavy atom. The van der Waals surface area contributed by atoms with E-state index in [1.807, 2.05) is 0 Å². The molecule has 0 spiro atoms. The topological polar surface area (TPSA) is 118 Å². The molecule has 1 aliphatic heterocycles. The third-order valence-corrected chi connectivity index (χ3v) is 7.02. The standard InChI is InChI=1S/C19H23N3O5S/c1-5-22-19(25)14(9-20-22)17(24)13-8-10(2)18-16(11(13)3)15(21-12(4)23)6-7-28(18,26)27/h8-9,15,25H,5-7H2,1-4H3,(H,21,23). The first-order valence-electron chi connectivity index (χ1n) is 9.01. The fourth-order valence-corrected chi connectivity index (χ4v) is 5.74. The molecule has 3 rings (SSSR count). The number of nitrogens with zero attached hydrogens (tertiary/aromatic N) is 2. The van der Waals surface area contributed by atoms with Crippen LogP contribution in [0.3, 0.4) is 0 Å². The molecule has 1 unspecified atom stereocenters. The van der Waals surface area contributed by atoms with Crippen molar-refractivity contribution in [2.45, 2.75) is 51.6 Å². The van der Waals surface area contributed by atoms with Crippen LogP contribution in [0.5, 0.6) is 5.88 Å². The first kappa shape index (κ1) is 20.1. The summed E-state index contributed by atoms with van der Waals surface area (Å²) in [5.74, 6) is -1.01. The number of carbonyl (C=O) groups excluding carboxylic acids is 2. The van der Waals surface area contributed by atoms with Gasteiger partial charge in [-0.2, -0.15) is 5.10 Å². The van der Waals surface area contributed by atoms with Crippen LogP contribution in [-0.2, 0) is 21.2 Å². The Hall–Kier alpha value is -2.68. The van der Waals surface area contributed by atoms with Crippen LogP contribution in [0.25, 0.3) is 0 Å². The van der Waals surface area contributed by atoms with Crippen molar-refractivity contribution in [1.29, 1.82) is 0 Å². The molecule has 0 aliphatic carbocycles. The molecule has 1 aromatic heterocycles. The molecular formula is C19H23N3O5S. The number of aromatic nitrogens is 2. The van der Waals surface area contributed by atoms with Gasteiger partial charge < -0.3 is 10.4 Å². The summed E-state index contributed by atoms with van der Waals surface area (Å²) in [6.45, 7) is 6.87. The number of rotatable bonds is 4. The zero-order valence-corrected chi connectivity index (χ0v) is 17.1. The summed E-state index contributed by atoms with van der Waals surface area (Å²) in [6, 6.07) is 1.04. The molecule has 2 heterocycles. The van der Waals surface area contributed by atoms with E-state index < -0.39 is 21.7 Å². The van der Waals surface area contributed by atoms with E-state index in [0.717, 1.165) is 0 Å². The van der Waals surface area contributed by atoms with Gasteiger partial charge in [-0.05, 0) is 49.9 Å². The van der Waals surface area contributed by atoms with Crippen LogP contribution in [0.2, 0.25) is 0 Å². The number of aromatic hydroxyl groups is 1. The number of nitrogens with one attached hydrogen (secondary N) is 1. The summed E-state index contributed by atoms with van der Waals surface area (Å²) in [6.07, 6.45) is 1.54. The number of fused-ring (bicyclic) bond motifs is 1. The average Bonchev–Trinajstić information content (AvgIpc) is 2.99. The minimum absolute atomic E-state index is 0.0547. The Morgan fingerprint density at radius 3 is 2.57 bits per heavy atom. The predicted molar refractivity (Wildman–Crippen MR) is 102 cm³/mol. The van der Waals surface area contributed by atoms with Gasteiger partial charge in [0, 0.05) is 19.0 Å². The van der Waals surface area contributed by atoms with Gasteiger partial charge in [0.25, 0.3) is 0 Å². The summed E-state index contributed by atoms with van der Waals surface area (Å²) < 4.78 is 26.7. The highest BCUT2D eigenvalue weighted by Crippen LogP contribution is 2.39. The van der Waals surface area contributed by atoms with Crippen molar-refractivity contribution in [3.63, 3.8) is 0 Å². The maximum absolute atomic E-state index is 13.1. The molecule has 0 bridgehead atoms. The first-order chi connectivity index (χ1) is 13.1. The minimum Gasteiger partial charge on any atom is -0.493 e. The molecule has 1 aliphatic rings. The lowest BCUT2D eigenvalue weighted by molar-refractivity contribution is -0.119. The van der Waals surface area contributed by atoms with Crippen LogP contribution in [0.1, 0.15) is 58.9 Å². The quantitative estimate of drug-likeness (QED) is 0.749. The Balaban J connectivity index is 2.23. The predicted octanol–water partition coefficient (Wildman–Crippen LogP) is 1.81. The molecule has 8 nitrogen and oxygen atoms in total. The second kappa shape index (κ2) is 7.05. The van der Waals surface area contributed by atoms with Crippen molar-refractivity contribution in [2.75, 3.05) is 5.75 Å². The maximum atomic E-state index is 13.1. The zero-order chi connectivity index (χ0) is 20.8. The van der Waals surface area contributed by atoms with Crippen molar-refractivity contribution in [2.24, 2.45) is 0 Å². The fraction of sp³-hybridized carbons (Fsp3) is 0.421. The van der Waals surface area contributed by atoms with E-state index in [1.165, 1.54) is 23.9 Å². The normalized spacial score (nSPS) is 17.8. The number of ketones is 1. The highest BCUT2D eigenvalue weighted by Gasteiger charge is 2.35. The van der Waals surface area contributed by atoms with E-state index in [4.69, 9.17) is 0 Å². The Kier molecular flexibility index (Phi) is 5.05. The molecule has 1 amide bonds. The van der Waals surface area contributed by atoms with E-state index in [9.17, 15) is 23.1 Å². The maximum Gasteiger partial charge on any atom is 0.220 e. The van der Waals surface area contributed by atoms with Crippen LogP contribution in [0.4, 0.5) is 0 Å². The summed E-state index contributed by atoms with van der Waals surface area (Å²) in [5, 5.41) is 17.0. The van der Waals surface area contributed by atoms with Gasteiger partial charge in [-0.25, -0.2) is 13.1 Å². The molecule has 1 aromatic carbocycles. The summed E-state index contributed by atoms with van der Waals surface area (Å²) >= 11 is 0. The van der Waals surface area contributed by atoms with Crippen molar-refractivity contribution < 1.29 is 23.1 Å². The molecule has 0 saturated carbocycles. The number of amides is 1. The lowest BCUT2D eigenvalue weighted by Crippen LogP contribution is -2.34. The molecule has 2 aromatic rings. The SMILES string of the molecule is CCn1ncc(C(=O)c2cc(C)c3c(c2C)C(NC(C)=O)CCS3(=O)=O)c1O. The monoisotopic (exact) mass is 405 g/mol. The smallest absolute Gasteiger partial charge is 0.220 e. The Bertz CT molecular complexity index is 1090. The average molecular weight is 405 g/mol. The lowest BCUT2D eigenvalue weighted by atomic mass is 9.89. The number of sulfone groups is 1. The minimum atomic E-state index is -3.51. The zero-order valence-electron chi connectivity index (χ0n) is 16.2. The third kappa shape index (κ3) is 3.19. The number of hydrogen-bond acceptors (Lipinski definition) is 6. The lowest BCUT2D eigenvalue weighted by Gasteiger charge is -2.30. The molecular weight excluding hydrogens is 382 g/mol. The van der Waals surface area contributed by atoms with Crippen LogP contribution >= 0.6 is 0 Å². The summed E-state index contributed by atoms with van der Waals surface area (Å²) in [4.78, 5) is 24.9. The summed E-state index contributed by atoms with van der Waals surface area (Å²) in [7, 11) is -3.51. The fourth-order valence-electron chi connectivity index (χ4n) is 3.81. The van der Waals surface area contributed by atoms with Gasteiger partial charge in [0.15, 0.2) is 15.6 Å². The van der Waals surface area contributed by atoms with Gasteiger partial charge in [0.2, 0.25) is 11.8 Å². The number of hydrogen-bond donors (Lipinski definition) is 2. The van der Waals surface area contributed by atoms with Crippen molar-refractivity contribution >= 4 is 21.5 Å². The molecule has 1 atom stereocenters. The van der Waals surface area contributed by atoms with Gasteiger partial charge in [-0.15, -0.1) is 0 Å². The molecule has 0 saturated heterocycles. The Labute approximate surface area is 163 Å². The number of carbonyl (C=O) groups is 2. The molecule has 2 N–H and O–H groups in total. The Morgan fingerprint density at radius 2 is 2.00 bits per heavy atom. The van der Waals surface area contributed by atoms with E-state index in [2.05, 4.69) is 10.4 Å². The van der Waals surface area contributed by atoms with Gasteiger partial charge in [0.05, 0.1) is 22.9 Å². The van der Waals surface area contributed by atoms with Crippen LogP contribution < -0.4 is 5.32 Å². The molecule has 28 heavy (non-hydrogen) atoms. The number of aryl methyl sites for hydroxylation is 2. The van der Waals surface area contributed by atoms with Crippen LogP contribution in [0, 0.1) is 13.8 Å². The number of benzene rings is 1. The van der Waals surface area contributed by atoms with Gasteiger partial charge >= 0.3 is 0 Å². The van der Waals surface area contributed by atoms with Gasteiger partial charge in [-0.3, -0.25) is 9.59 Å². The highest BCUT2D eigenvalue weighted by atomic mass is 32.2. The molecule has 9 heteroatoms. The molecule has 0 fully saturated rings. The van der Waals surface area contributed by atoms with E-state index >= 15 is 0 Å². The van der Waals surface area contributed by atoms with Gasteiger partial charge in [-0.1, -0.05) is 0 Å². The van der Waals surface area contributed by atoms with E-state index in [-0.39, 0.29) is 40.0 Å². The molecule has 150 valence electrons. The van der Waals surface area contributed by atoms with Gasteiger partial charge in [0.1, 0.15) is 5.56 Å².